The van der Waals surface area contributed by atoms with E-state index in [0.29, 0.717) is 40.5 Å². The summed E-state index contributed by atoms with van der Waals surface area (Å²) in [6.07, 6.45) is 3.46. The molecule has 1 atom stereocenters. The number of carbonyl (C=O) groups excluding carboxylic acids is 2. The lowest BCUT2D eigenvalue weighted by Crippen LogP contribution is -2.53. The summed E-state index contributed by atoms with van der Waals surface area (Å²) in [6, 6.07) is 26.6. The zero-order valence-corrected chi connectivity index (χ0v) is 30.6. The molecule has 1 fully saturated rings. The van der Waals surface area contributed by atoms with Gasteiger partial charge >= 0.3 is 0 Å². The van der Waals surface area contributed by atoms with Gasteiger partial charge in [-0.1, -0.05) is 24.3 Å². The summed E-state index contributed by atoms with van der Waals surface area (Å²) >= 11 is 0. The van der Waals surface area contributed by atoms with E-state index in [1.165, 1.54) is 5.56 Å². The van der Waals surface area contributed by atoms with Crippen molar-refractivity contribution in [3.63, 3.8) is 0 Å². The first kappa shape index (κ1) is 34.0. The summed E-state index contributed by atoms with van der Waals surface area (Å²) in [5, 5.41) is 13.5. The van der Waals surface area contributed by atoms with Gasteiger partial charge in [-0.15, -0.1) is 0 Å². The fraction of sp³-hybridized carbons (Fsp3) is 0.302. The van der Waals surface area contributed by atoms with Gasteiger partial charge in [-0.05, 0) is 98.1 Å². The molecule has 11 nitrogen and oxygen atoms in total. The highest BCUT2D eigenvalue weighted by atomic mass is 16.7. The molecule has 1 saturated heterocycles. The van der Waals surface area contributed by atoms with Crippen LogP contribution in [0, 0.1) is 6.92 Å². The number of nitrogens with zero attached hydrogens (tertiary/aromatic N) is 5. The van der Waals surface area contributed by atoms with Crippen LogP contribution in [-0.4, -0.2) is 95.3 Å². The number of likely N-dealkylation sites (N-methyl/N-ethyl adjacent to an activating group) is 1. The number of carbonyl (C=O) groups is 2. The molecule has 0 bridgehead atoms. The second-order valence-corrected chi connectivity index (χ2v) is 14.8. The first-order valence-corrected chi connectivity index (χ1v) is 18.7. The number of aromatic hydroxyl groups is 1. The molecule has 54 heavy (non-hydrogen) atoms. The lowest BCUT2D eigenvalue weighted by Gasteiger charge is -2.41. The Bertz CT molecular complexity index is 2240. The molecule has 0 saturated carbocycles. The fourth-order valence-corrected chi connectivity index (χ4v) is 8.27. The highest BCUT2D eigenvalue weighted by Gasteiger charge is 2.35. The summed E-state index contributed by atoms with van der Waals surface area (Å²) in [4.78, 5) is 38.2. The molecule has 276 valence electrons. The topological polar surface area (TPSA) is 103 Å². The Balaban J connectivity index is 1.09. The molecule has 2 amide bonds. The highest BCUT2D eigenvalue weighted by Crippen LogP contribution is 2.39. The van der Waals surface area contributed by atoms with Crippen molar-refractivity contribution in [1.29, 1.82) is 0 Å². The third-order valence-corrected chi connectivity index (χ3v) is 11.3. The van der Waals surface area contributed by atoms with Crippen molar-refractivity contribution in [3.8, 4) is 22.9 Å². The van der Waals surface area contributed by atoms with Gasteiger partial charge < -0.3 is 34.3 Å². The number of piperazine rings is 1. The summed E-state index contributed by atoms with van der Waals surface area (Å²) in [7, 11) is 2.16. The standard InChI is InChI=1S/C43H44N6O5/c1-28-19-32(42(51)49(33-7-10-36(50)11-8-33)34-9-12-38-30(21-34)13-14-44-38)25-47(28)39-23-41-40(53-27-54-41)22-37(39)43(52)48-24-31-6-4-3-5-29(31)20-35(48)26-46-17-15-45(2)16-18-46/h3-12,19,21-23,25,35,44,50H,13-18,20,24,26-27H2,1-2H3/t35-/m0/s1. The molecular formula is C43H44N6O5. The Morgan fingerprint density at radius 3 is 2.41 bits per heavy atom. The number of amides is 2. The van der Waals surface area contributed by atoms with E-state index >= 15 is 4.79 Å². The minimum absolute atomic E-state index is 0.0154. The van der Waals surface area contributed by atoms with Gasteiger partial charge in [0.2, 0.25) is 6.79 Å². The maximum absolute atomic E-state index is 15.0. The normalized spacial score (nSPS) is 17.9. The Morgan fingerprint density at radius 2 is 1.61 bits per heavy atom. The molecule has 1 aromatic heterocycles. The molecule has 4 aromatic carbocycles. The molecule has 0 radical (unpaired) electrons. The molecule has 4 aliphatic heterocycles. The number of hydrogen-bond acceptors (Lipinski definition) is 8. The molecule has 5 heterocycles. The van der Waals surface area contributed by atoms with Gasteiger partial charge in [0, 0.05) is 86.9 Å². The van der Waals surface area contributed by atoms with Gasteiger partial charge in [0.15, 0.2) is 11.5 Å². The van der Waals surface area contributed by atoms with Crippen LogP contribution in [0.15, 0.2) is 91.1 Å². The Morgan fingerprint density at radius 1 is 0.870 bits per heavy atom. The summed E-state index contributed by atoms with van der Waals surface area (Å²) < 4.78 is 13.6. The number of phenolic OH excluding ortho intramolecular Hbond substituents is 1. The molecule has 0 unspecified atom stereocenters. The van der Waals surface area contributed by atoms with Crippen LogP contribution in [0.3, 0.4) is 0 Å². The van der Waals surface area contributed by atoms with Gasteiger partial charge in [-0.2, -0.15) is 0 Å². The molecule has 0 aliphatic carbocycles. The van der Waals surface area contributed by atoms with Gasteiger partial charge in [0.25, 0.3) is 11.8 Å². The maximum Gasteiger partial charge on any atom is 0.264 e. The zero-order valence-electron chi connectivity index (χ0n) is 30.6. The third-order valence-electron chi connectivity index (χ3n) is 11.3. The molecule has 5 aromatic rings. The predicted molar refractivity (Wildman–Crippen MR) is 208 cm³/mol. The van der Waals surface area contributed by atoms with E-state index in [1.54, 1.807) is 35.2 Å². The van der Waals surface area contributed by atoms with E-state index in [9.17, 15) is 9.90 Å². The van der Waals surface area contributed by atoms with Gasteiger partial charge in [-0.25, -0.2) is 0 Å². The zero-order chi connectivity index (χ0) is 36.9. The lowest BCUT2D eigenvalue weighted by molar-refractivity contribution is 0.0535. The van der Waals surface area contributed by atoms with Crippen LogP contribution < -0.4 is 19.7 Å². The third kappa shape index (κ3) is 6.33. The first-order valence-electron chi connectivity index (χ1n) is 18.7. The van der Waals surface area contributed by atoms with E-state index in [-0.39, 0.29) is 30.4 Å². The van der Waals surface area contributed by atoms with Crippen molar-refractivity contribution in [2.24, 2.45) is 0 Å². The smallest absolute Gasteiger partial charge is 0.264 e. The van der Waals surface area contributed by atoms with Crippen molar-refractivity contribution < 1.29 is 24.2 Å². The van der Waals surface area contributed by atoms with Crippen LogP contribution in [0.2, 0.25) is 0 Å². The van der Waals surface area contributed by atoms with E-state index in [4.69, 9.17) is 9.47 Å². The van der Waals surface area contributed by atoms with Crippen LogP contribution >= 0.6 is 0 Å². The van der Waals surface area contributed by atoms with Crippen LogP contribution in [0.1, 0.15) is 43.1 Å². The quantitative estimate of drug-likeness (QED) is 0.212. The largest absolute Gasteiger partial charge is 0.508 e. The molecule has 0 spiro atoms. The first-order chi connectivity index (χ1) is 26.3. The summed E-state index contributed by atoms with van der Waals surface area (Å²) in [5.41, 5.74) is 8.37. The van der Waals surface area contributed by atoms with Crippen molar-refractivity contribution in [1.82, 2.24) is 19.3 Å². The Labute approximate surface area is 314 Å². The number of aromatic nitrogens is 1. The monoisotopic (exact) mass is 724 g/mol. The predicted octanol–water partition coefficient (Wildman–Crippen LogP) is 5.98. The van der Waals surface area contributed by atoms with E-state index in [0.717, 1.165) is 80.3 Å². The van der Waals surface area contributed by atoms with Crippen molar-refractivity contribution in [2.75, 3.05) is 63.3 Å². The minimum atomic E-state index is -0.234. The van der Waals surface area contributed by atoms with Crippen molar-refractivity contribution >= 4 is 28.9 Å². The number of fused-ring (bicyclic) bond motifs is 3. The molecule has 11 heteroatoms. The van der Waals surface area contributed by atoms with Crippen molar-refractivity contribution in [3.05, 3.63) is 125 Å². The fourth-order valence-electron chi connectivity index (χ4n) is 8.27. The van der Waals surface area contributed by atoms with Gasteiger partial charge in [-0.3, -0.25) is 19.4 Å². The molecule has 4 aliphatic rings. The molecule has 9 rings (SSSR count). The van der Waals surface area contributed by atoms with Crippen LogP contribution in [0.25, 0.3) is 5.69 Å². The number of nitrogens with one attached hydrogen (secondary N) is 1. The average molecular weight is 725 g/mol. The van der Waals surface area contributed by atoms with Crippen LogP contribution in [-0.2, 0) is 19.4 Å². The van der Waals surface area contributed by atoms with Crippen LogP contribution in [0.4, 0.5) is 17.1 Å². The summed E-state index contributed by atoms with van der Waals surface area (Å²) in [6.45, 7) is 8.11. The Hall–Kier alpha value is -5.78. The highest BCUT2D eigenvalue weighted by molar-refractivity contribution is 6.11. The number of phenols is 1. The van der Waals surface area contributed by atoms with Gasteiger partial charge in [0.1, 0.15) is 5.75 Å². The second-order valence-electron chi connectivity index (χ2n) is 14.8. The average Bonchev–Trinajstić information content (AvgIpc) is 3.95. The lowest BCUT2D eigenvalue weighted by atomic mass is 9.92. The minimum Gasteiger partial charge on any atom is -0.508 e. The van der Waals surface area contributed by atoms with E-state index in [2.05, 4.69) is 40.4 Å². The summed E-state index contributed by atoms with van der Waals surface area (Å²) in [5.74, 6) is 0.880. The van der Waals surface area contributed by atoms with Gasteiger partial charge in [0.05, 0.1) is 16.8 Å². The van der Waals surface area contributed by atoms with E-state index < -0.39 is 0 Å². The maximum atomic E-state index is 15.0. The van der Waals surface area contributed by atoms with Crippen molar-refractivity contribution in [2.45, 2.75) is 32.4 Å². The second kappa shape index (κ2) is 13.9. The number of rotatable bonds is 7. The number of benzene rings is 4. The Kier molecular flexibility index (Phi) is 8.75. The molecule has 2 N–H and O–H groups in total. The van der Waals surface area contributed by atoms with Crippen LogP contribution in [0.5, 0.6) is 17.2 Å². The number of ether oxygens (including phenoxy) is 2. The SMILES string of the molecule is Cc1cc(C(=O)N(c2ccc(O)cc2)c2ccc3c(c2)CCN3)cn1-c1cc2c(cc1C(=O)N1Cc3ccccc3C[C@H]1CN1CCN(C)CC1)OCO2. The number of hydrogen-bond donors (Lipinski definition) is 2. The van der Waals surface area contributed by atoms with E-state index in [1.807, 2.05) is 59.0 Å². The number of aryl methyl sites for hydroxylation is 1. The number of anilines is 3. The molecular weight excluding hydrogens is 681 g/mol.